The highest BCUT2D eigenvalue weighted by atomic mass is 79.9. The van der Waals surface area contributed by atoms with Crippen LogP contribution >= 0.6 is 31.9 Å². The van der Waals surface area contributed by atoms with Crippen LogP contribution in [0.15, 0.2) is 56.3 Å². The number of sulfonamides is 1. The highest BCUT2D eigenvalue weighted by Gasteiger charge is 2.14. The molecule has 6 heteroatoms. The van der Waals surface area contributed by atoms with E-state index in [1.165, 1.54) is 0 Å². The summed E-state index contributed by atoms with van der Waals surface area (Å²) in [5.41, 5.74) is 1.57. The Labute approximate surface area is 129 Å². The van der Waals surface area contributed by atoms with E-state index in [9.17, 15) is 8.42 Å². The lowest BCUT2D eigenvalue weighted by Crippen LogP contribution is -2.12. The van der Waals surface area contributed by atoms with Crippen molar-refractivity contribution in [1.82, 2.24) is 0 Å². The molecular formula is C13H11Br2NO2S. The highest BCUT2D eigenvalue weighted by Crippen LogP contribution is 2.24. The van der Waals surface area contributed by atoms with Crippen molar-refractivity contribution in [2.45, 2.75) is 11.8 Å². The molecule has 0 saturated heterocycles. The van der Waals surface area contributed by atoms with Crippen LogP contribution in [0.1, 0.15) is 5.56 Å². The second-order valence-electron chi connectivity index (χ2n) is 4.03. The molecule has 1 N–H and O–H groups in total. The van der Waals surface area contributed by atoms with Crippen molar-refractivity contribution in [3.8, 4) is 0 Å². The Hall–Kier alpha value is -0.850. The first-order valence-electron chi connectivity index (χ1n) is 5.43. The molecule has 2 aromatic carbocycles. The fraction of sp³-hybridized carbons (Fsp3) is 0.0769. The molecule has 0 spiro atoms. The third-order valence-electron chi connectivity index (χ3n) is 2.53. The zero-order valence-corrected chi connectivity index (χ0v) is 14.0. The SMILES string of the molecule is Cc1ccc(NS(=O)(=O)c2cccc(Br)c2)cc1Br. The van der Waals surface area contributed by atoms with E-state index in [2.05, 4.69) is 36.6 Å². The Morgan fingerprint density at radius 2 is 1.79 bits per heavy atom. The number of anilines is 1. The van der Waals surface area contributed by atoms with Gasteiger partial charge in [-0.15, -0.1) is 0 Å². The summed E-state index contributed by atoms with van der Waals surface area (Å²) in [5, 5.41) is 0. The minimum Gasteiger partial charge on any atom is -0.280 e. The van der Waals surface area contributed by atoms with Gasteiger partial charge in [0.1, 0.15) is 0 Å². The van der Waals surface area contributed by atoms with E-state index in [0.717, 1.165) is 14.5 Å². The molecule has 0 saturated carbocycles. The molecular weight excluding hydrogens is 394 g/mol. The maximum Gasteiger partial charge on any atom is 0.261 e. The third-order valence-corrected chi connectivity index (χ3v) is 5.26. The van der Waals surface area contributed by atoms with Crippen LogP contribution < -0.4 is 4.72 Å². The number of nitrogens with one attached hydrogen (secondary N) is 1. The van der Waals surface area contributed by atoms with Gasteiger partial charge in [0.25, 0.3) is 10.0 Å². The van der Waals surface area contributed by atoms with Crippen molar-refractivity contribution in [2.24, 2.45) is 0 Å². The number of hydrogen-bond acceptors (Lipinski definition) is 2. The molecule has 0 atom stereocenters. The van der Waals surface area contributed by atoms with Gasteiger partial charge in [-0.05, 0) is 42.8 Å². The van der Waals surface area contributed by atoms with Gasteiger partial charge in [0, 0.05) is 14.6 Å². The van der Waals surface area contributed by atoms with Gasteiger partial charge in [0.2, 0.25) is 0 Å². The molecule has 2 aromatic rings. The first kappa shape index (κ1) is 14.6. The molecule has 0 unspecified atom stereocenters. The zero-order valence-electron chi connectivity index (χ0n) is 10.0. The number of benzene rings is 2. The lowest BCUT2D eigenvalue weighted by atomic mass is 10.2. The Morgan fingerprint density at radius 3 is 2.42 bits per heavy atom. The summed E-state index contributed by atoms with van der Waals surface area (Å²) >= 11 is 6.64. The molecule has 0 aliphatic heterocycles. The summed E-state index contributed by atoms with van der Waals surface area (Å²) in [6, 6.07) is 11.9. The lowest BCUT2D eigenvalue weighted by Gasteiger charge is -2.09. The van der Waals surface area contributed by atoms with Gasteiger partial charge in [-0.1, -0.05) is 44.0 Å². The summed E-state index contributed by atoms with van der Waals surface area (Å²) < 4.78 is 28.5. The van der Waals surface area contributed by atoms with E-state index in [1.807, 2.05) is 13.0 Å². The van der Waals surface area contributed by atoms with Crippen LogP contribution in [0.25, 0.3) is 0 Å². The van der Waals surface area contributed by atoms with Crippen LogP contribution in [0.3, 0.4) is 0 Å². The number of rotatable bonds is 3. The Morgan fingerprint density at radius 1 is 1.05 bits per heavy atom. The third kappa shape index (κ3) is 3.58. The summed E-state index contributed by atoms with van der Waals surface area (Å²) in [4.78, 5) is 0.221. The van der Waals surface area contributed by atoms with Gasteiger partial charge in [-0.3, -0.25) is 4.72 Å². The normalized spacial score (nSPS) is 11.3. The molecule has 0 radical (unpaired) electrons. The fourth-order valence-corrected chi connectivity index (χ4v) is 3.53. The van der Waals surface area contributed by atoms with E-state index < -0.39 is 10.0 Å². The van der Waals surface area contributed by atoms with E-state index in [4.69, 9.17) is 0 Å². The molecule has 3 nitrogen and oxygen atoms in total. The van der Waals surface area contributed by atoms with Gasteiger partial charge < -0.3 is 0 Å². The Bertz CT molecular complexity index is 714. The van der Waals surface area contributed by atoms with Crippen molar-refractivity contribution in [3.05, 3.63) is 57.0 Å². The topological polar surface area (TPSA) is 46.2 Å². The average Bonchev–Trinajstić information content (AvgIpc) is 2.33. The van der Waals surface area contributed by atoms with Crippen LogP contribution in [-0.4, -0.2) is 8.42 Å². The smallest absolute Gasteiger partial charge is 0.261 e. The second-order valence-corrected chi connectivity index (χ2v) is 7.48. The summed E-state index contributed by atoms with van der Waals surface area (Å²) in [6.45, 7) is 1.94. The highest BCUT2D eigenvalue weighted by molar-refractivity contribution is 9.10. The summed E-state index contributed by atoms with van der Waals surface area (Å²) in [5.74, 6) is 0. The Kier molecular flexibility index (Phi) is 4.32. The van der Waals surface area contributed by atoms with Gasteiger partial charge in [0.05, 0.1) is 4.90 Å². The van der Waals surface area contributed by atoms with Crippen LogP contribution in [-0.2, 0) is 10.0 Å². The minimum atomic E-state index is -3.57. The number of aryl methyl sites for hydroxylation is 1. The van der Waals surface area contributed by atoms with Crippen LogP contribution in [0.2, 0.25) is 0 Å². The van der Waals surface area contributed by atoms with Gasteiger partial charge in [-0.25, -0.2) is 8.42 Å². The summed E-state index contributed by atoms with van der Waals surface area (Å²) in [7, 11) is -3.57. The molecule has 100 valence electrons. The van der Waals surface area contributed by atoms with Crippen LogP contribution in [0, 0.1) is 6.92 Å². The van der Waals surface area contributed by atoms with Crippen molar-refractivity contribution >= 4 is 47.6 Å². The number of halogens is 2. The van der Waals surface area contributed by atoms with E-state index in [-0.39, 0.29) is 4.90 Å². The van der Waals surface area contributed by atoms with Crippen molar-refractivity contribution in [3.63, 3.8) is 0 Å². The molecule has 19 heavy (non-hydrogen) atoms. The van der Waals surface area contributed by atoms with Crippen molar-refractivity contribution < 1.29 is 8.42 Å². The van der Waals surface area contributed by atoms with Crippen molar-refractivity contribution in [2.75, 3.05) is 4.72 Å². The van der Waals surface area contributed by atoms with E-state index in [1.54, 1.807) is 36.4 Å². The molecule has 0 amide bonds. The molecule has 0 aromatic heterocycles. The maximum atomic E-state index is 12.2. The first-order valence-corrected chi connectivity index (χ1v) is 8.50. The predicted molar refractivity (Wildman–Crippen MR) is 83.8 cm³/mol. The number of hydrogen-bond donors (Lipinski definition) is 1. The predicted octanol–water partition coefficient (Wildman–Crippen LogP) is 4.32. The molecule has 0 fully saturated rings. The monoisotopic (exact) mass is 403 g/mol. The van der Waals surface area contributed by atoms with Gasteiger partial charge in [0.15, 0.2) is 0 Å². The minimum absolute atomic E-state index is 0.221. The van der Waals surface area contributed by atoms with Crippen LogP contribution in [0.4, 0.5) is 5.69 Å². The maximum absolute atomic E-state index is 12.2. The summed E-state index contributed by atoms with van der Waals surface area (Å²) in [6.07, 6.45) is 0. The largest absolute Gasteiger partial charge is 0.280 e. The zero-order chi connectivity index (χ0) is 14.0. The average molecular weight is 405 g/mol. The van der Waals surface area contributed by atoms with Crippen molar-refractivity contribution in [1.29, 1.82) is 0 Å². The lowest BCUT2D eigenvalue weighted by molar-refractivity contribution is 0.601. The Balaban J connectivity index is 2.33. The molecule has 0 bridgehead atoms. The standard InChI is InChI=1S/C13H11Br2NO2S/c1-9-5-6-11(8-13(9)15)16-19(17,18)12-4-2-3-10(14)7-12/h2-8,16H,1H3. The molecule has 2 rings (SSSR count). The fourth-order valence-electron chi connectivity index (χ4n) is 1.50. The molecule has 0 aliphatic carbocycles. The molecule has 0 heterocycles. The van der Waals surface area contributed by atoms with E-state index in [0.29, 0.717) is 5.69 Å². The molecule has 0 aliphatic rings. The van der Waals surface area contributed by atoms with Gasteiger partial charge in [-0.2, -0.15) is 0 Å². The van der Waals surface area contributed by atoms with Gasteiger partial charge >= 0.3 is 0 Å². The first-order chi connectivity index (χ1) is 8.88. The second kappa shape index (κ2) is 5.64. The quantitative estimate of drug-likeness (QED) is 0.827. The van der Waals surface area contributed by atoms with E-state index >= 15 is 0 Å². The van der Waals surface area contributed by atoms with Crippen LogP contribution in [0.5, 0.6) is 0 Å².